The van der Waals surface area contributed by atoms with Crippen LogP contribution in [0.3, 0.4) is 0 Å². The third-order valence-electron chi connectivity index (χ3n) is 5.83. The van der Waals surface area contributed by atoms with E-state index in [1.165, 1.54) is 4.88 Å². The van der Waals surface area contributed by atoms with Gasteiger partial charge < -0.3 is 10.3 Å². The van der Waals surface area contributed by atoms with E-state index in [9.17, 15) is 4.79 Å². The number of nitrogens with one attached hydrogen (secondary N) is 3. The number of nitrogens with zero attached hydrogens (tertiary/aromatic N) is 4. The van der Waals surface area contributed by atoms with Crippen molar-refractivity contribution in [3.05, 3.63) is 66.7 Å². The van der Waals surface area contributed by atoms with Crippen molar-refractivity contribution in [1.82, 2.24) is 30.1 Å². The number of carbonyl (C=O) groups excluding carboxylic acids is 1. The second-order valence-corrected chi connectivity index (χ2v) is 9.20. The smallest absolute Gasteiger partial charge is 0.224 e. The highest BCUT2D eigenvalue weighted by Crippen LogP contribution is 2.35. The van der Waals surface area contributed by atoms with Gasteiger partial charge in [-0.2, -0.15) is 5.10 Å². The maximum absolute atomic E-state index is 12.0. The molecule has 6 heterocycles. The van der Waals surface area contributed by atoms with Gasteiger partial charge in [0, 0.05) is 45.6 Å². The van der Waals surface area contributed by atoms with Crippen LogP contribution in [0.1, 0.15) is 19.8 Å². The average molecular weight is 480 g/mol. The van der Waals surface area contributed by atoms with E-state index < -0.39 is 0 Å². The molecule has 172 valence electrons. The summed E-state index contributed by atoms with van der Waals surface area (Å²) >= 11 is 1.69. The Bertz CT molecular complexity index is 1670. The zero-order valence-electron chi connectivity index (χ0n) is 18.9. The number of anilines is 1. The lowest BCUT2D eigenvalue weighted by atomic mass is 10.1. The molecule has 0 spiro atoms. The van der Waals surface area contributed by atoms with Crippen LogP contribution in [0.15, 0.2) is 66.7 Å². The van der Waals surface area contributed by atoms with E-state index in [0.29, 0.717) is 12.1 Å². The predicted molar refractivity (Wildman–Crippen MR) is 139 cm³/mol. The predicted octanol–water partition coefficient (Wildman–Crippen LogP) is 6.03. The maximum Gasteiger partial charge on any atom is 0.224 e. The lowest BCUT2D eigenvalue weighted by Crippen LogP contribution is -2.10. The minimum Gasteiger partial charge on any atom is -0.352 e. The number of aromatic nitrogens is 6. The van der Waals surface area contributed by atoms with Gasteiger partial charge in [-0.15, -0.1) is 11.3 Å². The van der Waals surface area contributed by atoms with E-state index in [4.69, 9.17) is 0 Å². The lowest BCUT2D eigenvalue weighted by Gasteiger charge is -2.06. The van der Waals surface area contributed by atoms with E-state index >= 15 is 0 Å². The average Bonchev–Trinajstić information content (AvgIpc) is 3.63. The molecule has 0 fully saturated rings. The number of pyridine rings is 3. The van der Waals surface area contributed by atoms with Gasteiger partial charge in [-0.3, -0.25) is 24.8 Å². The quantitative estimate of drug-likeness (QED) is 0.270. The first-order chi connectivity index (χ1) is 17.2. The fraction of sp³-hybridized carbons (Fsp3) is 0.115. The van der Waals surface area contributed by atoms with Crippen LogP contribution < -0.4 is 5.32 Å². The van der Waals surface area contributed by atoms with Crippen molar-refractivity contribution in [2.75, 3.05) is 5.32 Å². The molecule has 6 aromatic heterocycles. The molecule has 1 amide bonds. The van der Waals surface area contributed by atoms with Crippen LogP contribution in [-0.4, -0.2) is 36.0 Å². The largest absolute Gasteiger partial charge is 0.352 e. The fourth-order valence-corrected chi connectivity index (χ4v) is 4.94. The first-order valence-electron chi connectivity index (χ1n) is 11.3. The molecule has 0 aliphatic rings. The van der Waals surface area contributed by atoms with E-state index in [1.54, 1.807) is 29.9 Å². The number of fused-ring (bicyclic) bond motifs is 2. The molecule has 8 nitrogen and oxygen atoms in total. The number of H-pyrrole nitrogens is 2. The van der Waals surface area contributed by atoms with Crippen LogP contribution in [-0.2, 0) is 4.79 Å². The van der Waals surface area contributed by atoms with Gasteiger partial charge >= 0.3 is 0 Å². The van der Waals surface area contributed by atoms with Gasteiger partial charge in [0.05, 0.1) is 46.7 Å². The summed E-state index contributed by atoms with van der Waals surface area (Å²) in [5.74, 6) is -0.0257. The summed E-state index contributed by atoms with van der Waals surface area (Å²) in [6.45, 7) is 1.97. The zero-order chi connectivity index (χ0) is 23.8. The highest BCUT2D eigenvalue weighted by molar-refractivity contribution is 7.13. The van der Waals surface area contributed by atoms with Crippen molar-refractivity contribution in [3.8, 4) is 33.1 Å². The van der Waals surface area contributed by atoms with Gasteiger partial charge in [0.2, 0.25) is 5.91 Å². The third-order valence-corrected chi connectivity index (χ3v) is 6.73. The Morgan fingerprint density at radius 3 is 2.80 bits per heavy atom. The van der Waals surface area contributed by atoms with Crippen molar-refractivity contribution < 1.29 is 4.79 Å². The first-order valence-corrected chi connectivity index (χ1v) is 12.2. The highest BCUT2D eigenvalue weighted by atomic mass is 32.1. The maximum atomic E-state index is 12.0. The van der Waals surface area contributed by atoms with Crippen molar-refractivity contribution in [2.45, 2.75) is 19.8 Å². The van der Waals surface area contributed by atoms with Gasteiger partial charge in [0.1, 0.15) is 5.69 Å². The number of amides is 1. The number of thiophene rings is 1. The first kappa shape index (κ1) is 21.2. The van der Waals surface area contributed by atoms with Crippen molar-refractivity contribution in [3.63, 3.8) is 0 Å². The Labute approximate surface area is 204 Å². The molecule has 0 aromatic carbocycles. The Kier molecular flexibility index (Phi) is 5.31. The lowest BCUT2D eigenvalue weighted by molar-refractivity contribution is -0.116. The molecule has 6 rings (SSSR count). The van der Waals surface area contributed by atoms with E-state index in [1.807, 2.05) is 37.5 Å². The summed E-state index contributed by atoms with van der Waals surface area (Å²) in [4.78, 5) is 29.9. The van der Waals surface area contributed by atoms with Crippen LogP contribution in [0.25, 0.3) is 54.9 Å². The third kappa shape index (κ3) is 3.95. The Hall–Kier alpha value is -4.37. The summed E-state index contributed by atoms with van der Waals surface area (Å²) in [6.07, 6.45) is 10.1. The van der Waals surface area contributed by atoms with Gasteiger partial charge in [-0.25, -0.2) is 0 Å². The molecule has 6 aromatic rings. The number of hydrogen-bond donors (Lipinski definition) is 3. The standard InChI is InChI=1S/C26H21N7OS/c1-2-4-25(34)30-16-7-15(10-27-11-16)20-9-18-23(14-29-20)32-33-26(18)21-8-17-19(24-5-3-6-35-24)12-28-13-22(17)31-21/h3,5-14,31H,2,4H2,1H3,(H,30,34)(H,32,33). The summed E-state index contributed by atoms with van der Waals surface area (Å²) in [7, 11) is 0. The van der Waals surface area contributed by atoms with Crippen LogP contribution in [0, 0.1) is 0 Å². The second-order valence-electron chi connectivity index (χ2n) is 8.26. The van der Waals surface area contributed by atoms with Gasteiger partial charge in [-0.1, -0.05) is 13.0 Å². The Morgan fingerprint density at radius 2 is 1.94 bits per heavy atom. The van der Waals surface area contributed by atoms with Crippen LogP contribution in [0.2, 0.25) is 0 Å². The second kappa shape index (κ2) is 8.77. The molecule has 0 saturated carbocycles. The van der Waals surface area contributed by atoms with E-state index in [-0.39, 0.29) is 5.91 Å². The number of carbonyl (C=O) groups is 1. The molecular formula is C26H21N7OS. The molecule has 0 aliphatic carbocycles. The van der Waals surface area contributed by atoms with Crippen LogP contribution >= 0.6 is 11.3 Å². The van der Waals surface area contributed by atoms with Crippen molar-refractivity contribution in [1.29, 1.82) is 0 Å². The monoisotopic (exact) mass is 479 g/mol. The number of hydrogen-bond acceptors (Lipinski definition) is 6. The van der Waals surface area contributed by atoms with Crippen LogP contribution in [0.4, 0.5) is 5.69 Å². The molecule has 0 radical (unpaired) electrons. The van der Waals surface area contributed by atoms with Crippen LogP contribution in [0.5, 0.6) is 0 Å². The molecule has 9 heteroatoms. The van der Waals surface area contributed by atoms with E-state index in [0.717, 1.165) is 56.4 Å². The van der Waals surface area contributed by atoms with Gasteiger partial charge in [-0.05, 0) is 36.1 Å². The normalized spacial score (nSPS) is 11.3. The van der Waals surface area contributed by atoms with Gasteiger partial charge in [0.15, 0.2) is 0 Å². The summed E-state index contributed by atoms with van der Waals surface area (Å²) in [5.41, 5.74) is 6.79. The molecule has 0 aliphatic heterocycles. The molecule has 0 bridgehead atoms. The summed E-state index contributed by atoms with van der Waals surface area (Å²) in [5, 5.41) is 14.7. The molecule has 0 saturated heterocycles. The molecule has 3 N–H and O–H groups in total. The molecule has 0 atom stereocenters. The van der Waals surface area contributed by atoms with Gasteiger partial charge in [0.25, 0.3) is 0 Å². The fourth-order valence-electron chi connectivity index (χ4n) is 4.19. The number of aromatic amines is 2. The Morgan fingerprint density at radius 1 is 1.03 bits per heavy atom. The molecule has 35 heavy (non-hydrogen) atoms. The van der Waals surface area contributed by atoms with Crippen molar-refractivity contribution >= 4 is 44.7 Å². The minimum absolute atomic E-state index is 0.0257. The summed E-state index contributed by atoms with van der Waals surface area (Å²) in [6, 6.07) is 10.1. The molecule has 0 unspecified atom stereocenters. The summed E-state index contributed by atoms with van der Waals surface area (Å²) < 4.78 is 0. The highest BCUT2D eigenvalue weighted by Gasteiger charge is 2.15. The SMILES string of the molecule is CCCC(=O)Nc1cncc(-c2cc3c(-c4cc5c(-c6cccs6)cncc5[nH]4)n[nH]c3cn2)c1. The topological polar surface area (TPSA) is 112 Å². The van der Waals surface area contributed by atoms with Crippen molar-refractivity contribution in [2.24, 2.45) is 0 Å². The Balaban J connectivity index is 1.40. The molecular weight excluding hydrogens is 458 g/mol. The zero-order valence-corrected chi connectivity index (χ0v) is 19.7. The minimum atomic E-state index is -0.0257. The number of rotatable bonds is 6. The van der Waals surface area contributed by atoms with E-state index in [2.05, 4.69) is 53.0 Å².